The Bertz CT molecular complexity index is 862. The van der Waals surface area contributed by atoms with Crippen LogP contribution in [0.1, 0.15) is 31.2 Å². The maximum absolute atomic E-state index is 13.6. The minimum absolute atomic E-state index is 0.0481. The predicted octanol–water partition coefficient (Wildman–Crippen LogP) is 4.46. The largest absolute Gasteiger partial charge is 0.493 e. The van der Waals surface area contributed by atoms with Gasteiger partial charge in [0.15, 0.2) is 0 Å². The van der Waals surface area contributed by atoms with Gasteiger partial charge in [0.1, 0.15) is 17.6 Å². The summed E-state index contributed by atoms with van der Waals surface area (Å²) < 4.78 is 19.4. The van der Waals surface area contributed by atoms with Crippen LogP contribution >= 0.6 is 11.6 Å². The Balaban J connectivity index is 1.18. The first kappa shape index (κ1) is 18.9. The van der Waals surface area contributed by atoms with E-state index in [1.807, 2.05) is 6.07 Å². The highest BCUT2D eigenvalue weighted by Crippen LogP contribution is 2.45. The van der Waals surface area contributed by atoms with Crippen molar-refractivity contribution in [3.8, 4) is 11.8 Å². The number of halogens is 2. The van der Waals surface area contributed by atoms with Gasteiger partial charge in [-0.2, -0.15) is 5.26 Å². The molecule has 2 fully saturated rings. The Hall–Kier alpha value is -2.39. The molecule has 0 spiro atoms. The van der Waals surface area contributed by atoms with Crippen molar-refractivity contribution >= 4 is 17.5 Å². The number of nitrogens with zero attached hydrogens (tertiary/aromatic N) is 4. The fourth-order valence-corrected chi connectivity index (χ4v) is 4.05. The minimum Gasteiger partial charge on any atom is -0.493 e. The van der Waals surface area contributed by atoms with Crippen LogP contribution in [0.5, 0.6) is 5.75 Å². The molecule has 0 radical (unpaired) electrons. The topological polar surface area (TPSA) is 62.0 Å². The molecule has 7 heteroatoms. The molecule has 2 atom stereocenters. The van der Waals surface area contributed by atoms with Gasteiger partial charge in [0.05, 0.1) is 29.6 Å². The van der Waals surface area contributed by atoms with Crippen LogP contribution in [-0.2, 0) is 0 Å². The zero-order valence-corrected chi connectivity index (χ0v) is 16.3. The molecule has 0 bridgehead atoms. The fraction of sp³-hybridized carbons (Fsp3) is 0.476. The number of hydrogen-bond acceptors (Lipinski definition) is 5. The predicted molar refractivity (Wildman–Crippen MR) is 105 cm³/mol. The number of piperidine rings is 1. The second-order valence-corrected chi connectivity index (χ2v) is 8.12. The molecule has 28 heavy (non-hydrogen) atoms. The summed E-state index contributed by atoms with van der Waals surface area (Å²) in [6.45, 7) is 2.57. The molecule has 0 N–H and O–H groups in total. The van der Waals surface area contributed by atoms with Crippen LogP contribution in [0.3, 0.4) is 0 Å². The van der Waals surface area contributed by atoms with Gasteiger partial charge in [0.25, 0.3) is 0 Å². The summed E-state index contributed by atoms with van der Waals surface area (Å²) in [6, 6.07) is 6.24. The number of benzene rings is 1. The van der Waals surface area contributed by atoms with Gasteiger partial charge in [-0.25, -0.2) is 14.4 Å². The minimum atomic E-state index is -0.524. The van der Waals surface area contributed by atoms with E-state index in [1.165, 1.54) is 25.0 Å². The van der Waals surface area contributed by atoms with Gasteiger partial charge in [-0.3, -0.25) is 0 Å². The first-order chi connectivity index (χ1) is 13.6. The van der Waals surface area contributed by atoms with Crippen molar-refractivity contribution in [2.45, 2.75) is 25.7 Å². The average molecular weight is 401 g/mol. The first-order valence-corrected chi connectivity index (χ1v) is 10.0. The lowest BCUT2D eigenvalue weighted by Crippen LogP contribution is -2.35. The first-order valence-electron chi connectivity index (χ1n) is 9.67. The second-order valence-electron chi connectivity index (χ2n) is 7.69. The van der Waals surface area contributed by atoms with Gasteiger partial charge >= 0.3 is 0 Å². The van der Waals surface area contributed by atoms with Crippen molar-refractivity contribution in [3.05, 3.63) is 47.0 Å². The molecule has 146 valence electrons. The van der Waals surface area contributed by atoms with Crippen molar-refractivity contribution in [1.29, 1.82) is 5.26 Å². The summed E-state index contributed by atoms with van der Waals surface area (Å²) in [7, 11) is 0. The molecule has 1 saturated heterocycles. The molecule has 1 aliphatic carbocycles. The van der Waals surface area contributed by atoms with E-state index in [1.54, 1.807) is 18.5 Å². The Labute approximate surface area is 169 Å². The van der Waals surface area contributed by atoms with Gasteiger partial charge in [-0.05, 0) is 55.6 Å². The highest BCUT2D eigenvalue weighted by atomic mass is 35.5. The molecule has 2 heterocycles. The van der Waals surface area contributed by atoms with Crippen molar-refractivity contribution in [3.63, 3.8) is 0 Å². The van der Waals surface area contributed by atoms with Gasteiger partial charge in [-0.15, -0.1) is 0 Å². The van der Waals surface area contributed by atoms with Gasteiger partial charge in [-0.1, -0.05) is 11.6 Å². The molecule has 4 rings (SSSR count). The number of aromatic nitrogens is 2. The Kier molecular flexibility index (Phi) is 5.63. The summed E-state index contributed by atoms with van der Waals surface area (Å²) in [5.74, 6) is 2.71. The zero-order valence-electron chi connectivity index (χ0n) is 15.5. The Morgan fingerprint density at radius 2 is 1.96 bits per heavy atom. The lowest BCUT2D eigenvalue weighted by molar-refractivity contribution is 0.278. The van der Waals surface area contributed by atoms with Gasteiger partial charge in [0.2, 0.25) is 5.95 Å². The molecule has 2 aromatic rings. The van der Waals surface area contributed by atoms with Crippen LogP contribution in [0, 0.1) is 34.9 Å². The van der Waals surface area contributed by atoms with E-state index in [0.717, 1.165) is 37.8 Å². The van der Waals surface area contributed by atoms with E-state index >= 15 is 0 Å². The molecule has 1 saturated carbocycles. The highest BCUT2D eigenvalue weighted by Gasteiger charge is 2.39. The third kappa shape index (κ3) is 4.53. The van der Waals surface area contributed by atoms with E-state index in [0.29, 0.717) is 29.2 Å². The SMILES string of the molecule is N#Cc1ccc(OC[C@@H]2C[C@@H]2CC2CCN(c3ncc(Cl)cn3)CC2)cc1F. The quantitative estimate of drug-likeness (QED) is 0.716. The number of rotatable bonds is 6. The summed E-state index contributed by atoms with van der Waals surface area (Å²) in [5.41, 5.74) is 0.0481. The normalized spacial score (nSPS) is 22.0. The summed E-state index contributed by atoms with van der Waals surface area (Å²) in [5, 5.41) is 9.33. The maximum atomic E-state index is 13.6. The number of nitriles is 1. The summed E-state index contributed by atoms with van der Waals surface area (Å²) in [4.78, 5) is 10.8. The molecule has 0 unspecified atom stereocenters. The van der Waals surface area contributed by atoms with Crippen LogP contribution < -0.4 is 9.64 Å². The van der Waals surface area contributed by atoms with E-state index in [4.69, 9.17) is 21.6 Å². The molecule has 1 aromatic heterocycles. The lowest BCUT2D eigenvalue weighted by atomic mass is 9.91. The maximum Gasteiger partial charge on any atom is 0.225 e. The molecular weight excluding hydrogens is 379 g/mol. The summed E-state index contributed by atoms with van der Waals surface area (Å²) >= 11 is 5.85. The number of hydrogen-bond donors (Lipinski definition) is 0. The Morgan fingerprint density at radius 3 is 2.64 bits per heavy atom. The highest BCUT2D eigenvalue weighted by molar-refractivity contribution is 6.30. The number of anilines is 1. The zero-order chi connectivity index (χ0) is 19.5. The van der Waals surface area contributed by atoms with Crippen molar-refractivity contribution < 1.29 is 9.13 Å². The van der Waals surface area contributed by atoms with Gasteiger partial charge < -0.3 is 9.64 Å². The van der Waals surface area contributed by atoms with Gasteiger partial charge in [0, 0.05) is 19.2 Å². The van der Waals surface area contributed by atoms with Crippen LogP contribution in [-0.4, -0.2) is 29.7 Å². The monoisotopic (exact) mass is 400 g/mol. The van der Waals surface area contributed by atoms with Crippen molar-refractivity contribution in [1.82, 2.24) is 9.97 Å². The molecule has 2 aliphatic rings. The van der Waals surface area contributed by atoms with Crippen LogP contribution in [0.25, 0.3) is 0 Å². The number of ether oxygens (including phenoxy) is 1. The van der Waals surface area contributed by atoms with Crippen LogP contribution in [0.2, 0.25) is 5.02 Å². The van der Waals surface area contributed by atoms with Crippen molar-refractivity contribution in [2.24, 2.45) is 17.8 Å². The van der Waals surface area contributed by atoms with Crippen molar-refractivity contribution in [2.75, 3.05) is 24.6 Å². The smallest absolute Gasteiger partial charge is 0.225 e. The Morgan fingerprint density at radius 1 is 1.21 bits per heavy atom. The molecule has 5 nitrogen and oxygen atoms in total. The third-order valence-corrected chi connectivity index (χ3v) is 5.93. The van der Waals surface area contributed by atoms with Crippen LogP contribution in [0.15, 0.2) is 30.6 Å². The van der Waals surface area contributed by atoms with E-state index in [9.17, 15) is 4.39 Å². The third-order valence-electron chi connectivity index (χ3n) is 5.73. The second kappa shape index (κ2) is 8.32. The summed E-state index contributed by atoms with van der Waals surface area (Å²) in [6.07, 6.45) is 7.99. The fourth-order valence-electron chi connectivity index (χ4n) is 3.95. The standard InChI is InChI=1S/C21H22ClFN4O/c22-18-11-25-21(26-12-18)27-5-3-14(4-6-27)7-16-8-17(16)13-28-19-2-1-15(10-24)20(23)9-19/h1-2,9,11-12,14,16-17H,3-8,13H2/t16-,17-/m0/s1. The molecular formula is C21H22ClFN4O. The lowest BCUT2D eigenvalue weighted by Gasteiger charge is -2.32. The molecule has 0 amide bonds. The average Bonchev–Trinajstić information content (AvgIpc) is 3.45. The van der Waals surface area contributed by atoms with E-state index in [2.05, 4.69) is 14.9 Å². The van der Waals surface area contributed by atoms with E-state index in [-0.39, 0.29) is 5.56 Å². The van der Waals surface area contributed by atoms with E-state index < -0.39 is 5.82 Å². The van der Waals surface area contributed by atoms with Crippen LogP contribution in [0.4, 0.5) is 10.3 Å². The molecule has 1 aromatic carbocycles. The molecule has 1 aliphatic heterocycles.